The maximum absolute atomic E-state index is 10.9. The number of hydrogen-bond acceptors (Lipinski definition) is 5. The van der Waals surface area contributed by atoms with Gasteiger partial charge in [-0.1, -0.05) is 5.16 Å². The Balaban J connectivity index is 2.26. The van der Waals surface area contributed by atoms with Crippen molar-refractivity contribution in [3.05, 3.63) is 0 Å². The van der Waals surface area contributed by atoms with Crippen LogP contribution in [0, 0.1) is 5.92 Å². The third-order valence-corrected chi connectivity index (χ3v) is 2.98. The normalized spacial score (nSPS) is 38.1. The first-order valence-electron chi connectivity index (χ1n) is 4.46. The summed E-state index contributed by atoms with van der Waals surface area (Å²) in [5, 5.41) is 21.1. The molecule has 1 fully saturated rings. The molecule has 1 saturated carbocycles. The van der Waals surface area contributed by atoms with E-state index in [0.717, 1.165) is 0 Å². The van der Waals surface area contributed by atoms with Gasteiger partial charge in [-0.2, -0.15) is 0 Å². The van der Waals surface area contributed by atoms with Crippen molar-refractivity contribution in [2.24, 2.45) is 16.8 Å². The standard InChI is InChI=1S/C8H10N2O5/c9-8(7(13)14)2-1-3-4(6(11)12)10-15-5(3)8/h3,5H,1-2,9H2,(H,11,12)(H,13,14)/t3-,5+,8-/m0/s1. The average Bonchev–Trinajstić information content (AvgIpc) is 2.67. The average molecular weight is 214 g/mol. The number of carbonyl (C=O) groups is 2. The minimum absolute atomic E-state index is 0.131. The van der Waals surface area contributed by atoms with E-state index in [0.29, 0.717) is 6.42 Å². The van der Waals surface area contributed by atoms with Crippen molar-refractivity contribution in [3.63, 3.8) is 0 Å². The van der Waals surface area contributed by atoms with E-state index in [2.05, 4.69) is 5.16 Å². The Hall–Kier alpha value is -1.63. The van der Waals surface area contributed by atoms with E-state index in [1.54, 1.807) is 0 Å². The molecule has 0 saturated heterocycles. The van der Waals surface area contributed by atoms with Crippen molar-refractivity contribution in [1.82, 2.24) is 0 Å². The lowest BCUT2D eigenvalue weighted by molar-refractivity contribution is -0.148. The number of aliphatic carboxylic acids is 2. The van der Waals surface area contributed by atoms with Crippen LogP contribution in [0.1, 0.15) is 12.8 Å². The van der Waals surface area contributed by atoms with E-state index in [-0.39, 0.29) is 12.1 Å². The molecule has 4 N–H and O–H groups in total. The summed E-state index contributed by atoms with van der Waals surface area (Å²) in [5.74, 6) is -2.88. The zero-order chi connectivity index (χ0) is 11.2. The molecule has 7 nitrogen and oxygen atoms in total. The lowest BCUT2D eigenvalue weighted by Crippen LogP contribution is -2.55. The number of carboxylic acids is 2. The van der Waals surface area contributed by atoms with Crippen molar-refractivity contribution in [2.75, 3.05) is 0 Å². The third kappa shape index (κ3) is 1.19. The van der Waals surface area contributed by atoms with Crippen LogP contribution < -0.4 is 5.73 Å². The molecule has 1 aliphatic heterocycles. The topological polar surface area (TPSA) is 122 Å². The first-order chi connectivity index (χ1) is 6.97. The molecule has 2 rings (SSSR count). The molecule has 15 heavy (non-hydrogen) atoms. The predicted octanol–water partition coefficient (Wildman–Crippen LogP) is -0.982. The van der Waals surface area contributed by atoms with Gasteiger partial charge < -0.3 is 20.8 Å². The second-order valence-electron chi connectivity index (χ2n) is 3.80. The number of carboxylic acid groups (broad SMARTS) is 2. The first-order valence-corrected chi connectivity index (χ1v) is 4.46. The number of oxime groups is 1. The number of rotatable bonds is 2. The fourth-order valence-electron chi connectivity index (χ4n) is 2.10. The fourth-order valence-corrected chi connectivity index (χ4v) is 2.10. The molecule has 2 aliphatic rings. The van der Waals surface area contributed by atoms with Crippen LogP contribution in [0.2, 0.25) is 0 Å². The van der Waals surface area contributed by atoms with Crippen LogP contribution in [0.5, 0.6) is 0 Å². The Kier molecular flexibility index (Phi) is 1.93. The minimum atomic E-state index is -1.52. The molecular formula is C8H10N2O5. The minimum Gasteiger partial charge on any atom is -0.480 e. The molecular weight excluding hydrogens is 204 g/mol. The molecule has 1 aliphatic carbocycles. The summed E-state index contributed by atoms with van der Waals surface area (Å²) in [4.78, 5) is 26.5. The van der Waals surface area contributed by atoms with E-state index in [4.69, 9.17) is 20.8 Å². The summed E-state index contributed by atoms with van der Waals surface area (Å²) in [5.41, 5.74) is 4.01. The fraction of sp³-hybridized carbons (Fsp3) is 0.625. The van der Waals surface area contributed by atoms with Crippen molar-refractivity contribution in [1.29, 1.82) is 0 Å². The van der Waals surface area contributed by atoms with E-state index in [9.17, 15) is 9.59 Å². The number of nitrogens with zero attached hydrogens (tertiary/aromatic N) is 1. The van der Waals surface area contributed by atoms with Gasteiger partial charge in [0.25, 0.3) is 0 Å². The highest BCUT2D eigenvalue weighted by Crippen LogP contribution is 2.40. The Labute approximate surface area is 84.5 Å². The van der Waals surface area contributed by atoms with Crippen molar-refractivity contribution in [2.45, 2.75) is 24.5 Å². The maximum atomic E-state index is 10.9. The molecule has 0 bridgehead atoms. The molecule has 0 radical (unpaired) electrons. The highest BCUT2D eigenvalue weighted by Gasteiger charge is 2.58. The second kappa shape index (κ2) is 2.93. The molecule has 3 atom stereocenters. The van der Waals surface area contributed by atoms with Gasteiger partial charge in [-0.15, -0.1) is 0 Å². The number of hydrogen-bond donors (Lipinski definition) is 3. The molecule has 0 unspecified atom stereocenters. The molecule has 82 valence electrons. The van der Waals surface area contributed by atoms with Gasteiger partial charge in [-0.05, 0) is 12.8 Å². The van der Waals surface area contributed by atoms with Crippen LogP contribution in [0.3, 0.4) is 0 Å². The monoisotopic (exact) mass is 214 g/mol. The molecule has 0 aromatic carbocycles. The van der Waals surface area contributed by atoms with E-state index >= 15 is 0 Å². The van der Waals surface area contributed by atoms with Gasteiger partial charge in [0.2, 0.25) is 0 Å². The molecule has 0 amide bonds. The Bertz CT molecular complexity index is 366. The molecule has 0 aromatic heterocycles. The van der Waals surface area contributed by atoms with Gasteiger partial charge in [0.1, 0.15) is 0 Å². The van der Waals surface area contributed by atoms with Crippen LogP contribution in [0.4, 0.5) is 0 Å². The summed E-state index contributed by atoms with van der Waals surface area (Å²) in [6.07, 6.45) is -0.288. The summed E-state index contributed by atoms with van der Waals surface area (Å²) in [6, 6.07) is 0. The highest BCUT2D eigenvalue weighted by molar-refractivity contribution is 6.37. The summed E-state index contributed by atoms with van der Waals surface area (Å²) in [7, 11) is 0. The quantitative estimate of drug-likeness (QED) is 0.542. The van der Waals surface area contributed by atoms with E-state index < -0.39 is 29.5 Å². The molecule has 0 spiro atoms. The van der Waals surface area contributed by atoms with Gasteiger partial charge in [0.15, 0.2) is 17.4 Å². The van der Waals surface area contributed by atoms with Gasteiger partial charge in [-0.3, -0.25) is 4.79 Å². The zero-order valence-electron chi connectivity index (χ0n) is 7.71. The van der Waals surface area contributed by atoms with Crippen LogP contribution in [-0.2, 0) is 14.4 Å². The summed E-state index contributed by atoms with van der Waals surface area (Å²) >= 11 is 0. The Morgan fingerprint density at radius 3 is 2.73 bits per heavy atom. The summed E-state index contributed by atoms with van der Waals surface area (Å²) < 4.78 is 0. The highest BCUT2D eigenvalue weighted by atomic mass is 16.6. The second-order valence-corrected chi connectivity index (χ2v) is 3.80. The zero-order valence-corrected chi connectivity index (χ0v) is 7.71. The molecule has 1 heterocycles. The van der Waals surface area contributed by atoms with Crippen LogP contribution in [0.25, 0.3) is 0 Å². The SMILES string of the molecule is N[C@@]1(C(=O)O)CC[C@H]2C(C(=O)O)=NO[C@H]21. The van der Waals surface area contributed by atoms with Gasteiger partial charge in [0.05, 0.1) is 5.92 Å². The van der Waals surface area contributed by atoms with Crippen LogP contribution in [0.15, 0.2) is 5.16 Å². The largest absolute Gasteiger partial charge is 0.480 e. The van der Waals surface area contributed by atoms with Gasteiger partial charge in [0, 0.05) is 0 Å². The third-order valence-electron chi connectivity index (χ3n) is 2.98. The number of fused-ring (bicyclic) bond motifs is 1. The van der Waals surface area contributed by atoms with Crippen molar-refractivity contribution < 1.29 is 24.6 Å². The van der Waals surface area contributed by atoms with Crippen molar-refractivity contribution in [3.8, 4) is 0 Å². The summed E-state index contributed by atoms with van der Waals surface area (Å²) in [6.45, 7) is 0. The van der Waals surface area contributed by atoms with Crippen LogP contribution >= 0.6 is 0 Å². The lowest BCUT2D eigenvalue weighted by Gasteiger charge is -2.23. The van der Waals surface area contributed by atoms with Gasteiger partial charge in [-0.25, -0.2) is 4.79 Å². The predicted molar refractivity (Wildman–Crippen MR) is 47.2 cm³/mol. The number of nitrogens with two attached hydrogens (primary N) is 1. The smallest absolute Gasteiger partial charge is 0.354 e. The van der Waals surface area contributed by atoms with E-state index in [1.165, 1.54) is 0 Å². The Morgan fingerprint density at radius 1 is 1.53 bits per heavy atom. The first kappa shape index (κ1) is 9.91. The van der Waals surface area contributed by atoms with Crippen LogP contribution in [-0.4, -0.2) is 39.5 Å². The van der Waals surface area contributed by atoms with E-state index in [1.807, 2.05) is 0 Å². The molecule has 7 heteroatoms. The maximum Gasteiger partial charge on any atom is 0.354 e. The Morgan fingerprint density at radius 2 is 2.20 bits per heavy atom. The molecule has 0 aromatic rings. The lowest BCUT2D eigenvalue weighted by atomic mass is 9.92. The van der Waals surface area contributed by atoms with Crippen molar-refractivity contribution >= 4 is 17.7 Å². The van der Waals surface area contributed by atoms with Gasteiger partial charge >= 0.3 is 11.9 Å².